The predicted octanol–water partition coefficient (Wildman–Crippen LogP) is 3.47. The van der Waals surface area contributed by atoms with E-state index >= 15 is 0 Å². The highest BCUT2D eigenvalue weighted by Crippen LogP contribution is 2.27. The zero-order valence-corrected chi connectivity index (χ0v) is 18.2. The first-order chi connectivity index (χ1) is 12.2. The maximum atomic E-state index is 5.92. The molecule has 1 aliphatic carbocycles. The molecular formula is C19H32IN3O3. The van der Waals surface area contributed by atoms with Gasteiger partial charge in [-0.3, -0.25) is 0 Å². The van der Waals surface area contributed by atoms with Crippen LogP contribution in [0.2, 0.25) is 0 Å². The van der Waals surface area contributed by atoms with E-state index in [9.17, 15) is 0 Å². The molecule has 0 unspecified atom stereocenters. The highest BCUT2D eigenvalue weighted by molar-refractivity contribution is 14.0. The number of benzene rings is 1. The molecule has 0 aromatic heterocycles. The van der Waals surface area contributed by atoms with E-state index in [0.717, 1.165) is 25.1 Å². The maximum Gasteiger partial charge on any atom is 0.188 e. The van der Waals surface area contributed by atoms with Crippen LogP contribution in [0.3, 0.4) is 0 Å². The van der Waals surface area contributed by atoms with Gasteiger partial charge < -0.3 is 25.3 Å². The molecule has 1 fully saturated rings. The minimum Gasteiger partial charge on any atom is -0.493 e. The lowest BCUT2D eigenvalue weighted by atomic mass is 9.98. The third-order valence-electron chi connectivity index (χ3n) is 4.41. The number of methoxy groups -OCH3 is 2. The molecule has 0 atom stereocenters. The van der Waals surface area contributed by atoms with Gasteiger partial charge in [-0.1, -0.05) is 25.3 Å². The van der Waals surface area contributed by atoms with Gasteiger partial charge in [0.1, 0.15) is 0 Å². The number of hydrogen-bond donors (Lipinski definition) is 2. The molecule has 0 amide bonds. The number of nitrogens with one attached hydrogen (secondary N) is 1. The van der Waals surface area contributed by atoms with Crippen molar-refractivity contribution < 1.29 is 14.2 Å². The first-order valence-corrected chi connectivity index (χ1v) is 9.09. The largest absolute Gasteiger partial charge is 0.493 e. The second-order valence-electron chi connectivity index (χ2n) is 6.30. The summed E-state index contributed by atoms with van der Waals surface area (Å²) in [4.78, 5) is 4.36. The number of hydrogen-bond acceptors (Lipinski definition) is 4. The molecule has 26 heavy (non-hydrogen) atoms. The Balaban J connectivity index is 0.00000338. The Morgan fingerprint density at radius 1 is 1.15 bits per heavy atom. The molecule has 6 nitrogen and oxygen atoms in total. The number of halogens is 1. The number of rotatable bonds is 9. The van der Waals surface area contributed by atoms with Crippen molar-refractivity contribution in [3.8, 4) is 11.5 Å². The van der Waals surface area contributed by atoms with Crippen LogP contribution in [-0.4, -0.2) is 39.4 Å². The van der Waals surface area contributed by atoms with E-state index in [0.29, 0.717) is 30.1 Å². The Morgan fingerprint density at radius 2 is 1.88 bits per heavy atom. The molecule has 1 aromatic rings. The average Bonchev–Trinajstić information content (AvgIpc) is 2.66. The molecule has 7 heteroatoms. The van der Waals surface area contributed by atoms with Gasteiger partial charge in [-0.2, -0.15) is 0 Å². The van der Waals surface area contributed by atoms with Crippen molar-refractivity contribution in [2.24, 2.45) is 10.7 Å². The van der Waals surface area contributed by atoms with Crippen LogP contribution in [0.4, 0.5) is 0 Å². The molecule has 0 aliphatic heterocycles. The highest BCUT2D eigenvalue weighted by Gasteiger charge is 2.12. The summed E-state index contributed by atoms with van der Waals surface area (Å²) in [5, 5.41) is 3.13. The van der Waals surface area contributed by atoms with Gasteiger partial charge in [-0.05, 0) is 37.0 Å². The minimum atomic E-state index is 0. The summed E-state index contributed by atoms with van der Waals surface area (Å²) in [6, 6.07) is 5.74. The lowest BCUT2D eigenvalue weighted by Gasteiger charge is -2.21. The molecule has 2 rings (SSSR count). The van der Waals surface area contributed by atoms with E-state index in [-0.39, 0.29) is 24.0 Å². The molecule has 0 radical (unpaired) electrons. The lowest BCUT2D eigenvalue weighted by molar-refractivity contribution is 0.0277. The van der Waals surface area contributed by atoms with Gasteiger partial charge in [-0.15, -0.1) is 24.0 Å². The Bertz CT molecular complexity index is 549. The first kappa shape index (κ1) is 22.8. The number of aliphatic imine (C=N–C) groups is 1. The molecule has 0 bridgehead atoms. The molecule has 3 N–H and O–H groups in total. The summed E-state index contributed by atoms with van der Waals surface area (Å²) in [7, 11) is 3.24. The molecule has 0 saturated heterocycles. The summed E-state index contributed by atoms with van der Waals surface area (Å²) in [5.41, 5.74) is 6.93. The number of nitrogens with zero attached hydrogens (tertiary/aromatic N) is 1. The minimum absolute atomic E-state index is 0. The van der Waals surface area contributed by atoms with E-state index in [1.165, 1.54) is 32.1 Å². The second-order valence-corrected chi connectivity index (χ2v) is 6.30. The fourth-order valence-electron chi connectivity index (χ4n) is 2.98. The SMILES string of the molecule is COc1ccc(CN=C(N)NCCCOC2CCCCC2)cc1OC.I. The van der Waals surface area contributed by atoms with Crippen molar-refractivity contribution in [3.05, 3.63) is 23.8 Å². The normalized spacial score (nSPS) is 15.2. The topological polar surface area (TPSA) is 78.1 Å². The summed E-state index contributed by atoms with van der Waals surface area (Å²) in [6.07, 6.45) is 7.78. The lowest BCUT2D eigenvalue weighted by Crippen LogP contribution is -2.33. The van der Waals surface area contributed by atoms with Crippen molar-refractivity contribution in [3.63, 3.8) is 0 Å². The van der Waals surface area contributed by atoms with Crippen molar-refractivity contribution >= 4 is 29.9 Å². The molecule has 1 saturated carbocycles. The number of ether oxygens (including phenoxy) is 3. The highest BCUT2D eigenvalue weighted by atomic mass is 127. The van der Waals surface area contributed by atoms with E-state index in [4.69, 9.17) is 19.9 Å². The first-order valence-electron chi connectivity index (χ1n) is 9.09. The van der Waals surface area contributed by atoms with Crippen LogP contribution in [0.15, 0.2) is 23.2 Å². The van der Waals surface area contributed by atoms with E-state index in [1.54, 1.807) is 14.2 Å². The van der Waals surface area contributed by atoms with Gasteiger partial charge in [-0.25, -0.2) is 4.99 Å². The van der Waals surface area contributed by atoms with Gasteiger partial charge in [0.25, 0.3) is 0 Å². The van der Waals surface area contributed by atoms with Gasteiger partial charge in [0, 0.05) is 13.2 Å². The third kappa shape index (κ3) is 7.99. The van der Waals surface area contributed by atoms with Crippen molar-refractivity contribution in [2.45, 2.75) is 51.2 Å². The van der Waals surface area contributed by atoms with Crippen molar-refractivity contribution in [1.82, 2.24) is 5.32 Å². The Labute approximate surface area is 173 Å². The maximum absolute atomic E-state index is 5.92. The zero-order valence-electron chi connectivity index (χ0n) is 15.8. The van der Waals surface area contributed by atoms with Gasteiger partial charge >= 0.3 is 0 Å². The van der Waals surface area contributed by atoms with Crippen LogP contribution in [-0.2, 0) is 11.3 Å². The van der Waals surface area contributed by atoms with Gasteiger partial charge in [0.05, 0.1) is 26.9 Å². The molecular weight excluding hydrogens is 445 g/mol. The fraction of sp³-hybridized carbons (Fsp3) is 0.632. The quantitative estimate of drug-likeness (QED) is 0.247. The van der Waals surface area contributed by atoms with E-state index < -0.39 is 0 Å². The van der Waals surface area contributed by atoms with Gasteiger partial charge in [0.2, 0.25) is 0 Å². The van der Waals surface area contributed by atoms with Crippen LogP contribution in [0.1, 0.15) is 44.1 Å². The van der Waals surface area contributed by atoms with Crippen LogP contribution in [0.5, 0.6) is 11.5 Å². The third-order valence-corrected chi connectivity index (χ3v) is 4.41. The zero-order chi connectivity index (χ0) is 17.9. The molecule has 148 valence electrons. The summed E-state index contributed by atoms with van der Waals surface area (Å²) < 4.78 is 16.4. The smallest absolute Gasteiger partial charge is 0.188 e. The summed E-state index contributed by atoms with van der Waals surface area (Å²) in [5.74, 6) is 1.85. The summed E-state index contributed by atoms with van der Waals surface area (Å²) in [6.45, 7) is 2.05. The van der Waals surface area contributed by atoms with Crippen LogP contribution >= 0.6 is 24.0 Å². The van der Waals surface area contributed by atoms with Crippen molar-refractivity contribution in [2.75, 3.05) is 27.4 Å². The van der Waals surface area contributed by atoms with Crippen molar-refractivity contribution in [1.29, 1.82) is 0 Å². The second kappa shape index (κ2) is 13.0. The van der Waals surface area contributed by atoms with Crippen LogP contribution < -0.4 is 20.5 Å². The predicted molar refractivity (Wildman–Crippen MR) is 116 cm³/mol. The standard InChI is InChI=1S/C19H31N3O3.HI/c1-23-17-10-9-15(13-18(17)24-2)14-22-19(20)21-11-6-12-25-16-7-4-3-5-8-16;/h9-10,13,16H,3-8,11-12,14H2,1-2H3,(H3,20,21,22);1H. The van der Waals surface area contributed by atoms with Crippen LogP contribution in [0.25, 0.3) is 0 Å². The average molecular weight is 477 g/mol. The molecule has 0 spiro atoms. The number of guanidine groups is 1. The number of nitrogens with two attached hydrogens (primary N) is 1. The Kier molecular flexibility index (Phi) is 11.4. The Morgan fingerprint density at radius 3 is 2.58 bits per heavy atom. The monoisotopic (exact) mass is 477 g/mol. The fourth-order valence-corrected chi connectivity index (χ4v) is 2.98. The molecule has 1 aliphatic rings. The van der Waals surface area contributed by atoms with E-state index in [1.807, 2.05) is 18.2 Å². The van der Waals surface area contributed by atoms with Gasteiger partial charge in [0.15, 0.2) is 17.5 Å². The van der Waals surface area contributed by atoms with E-state index in [2.05, 4.69) is 10.3 Å². The molecule has 0 heterocycles. The summed E-state index contributed by atoms with van der Waals surface area (Å²) >= 11 is 0. The van der Waals surface area contributed by atoms with Crippen LogP contribution in [0, 0.1) is 0 Å². The molecule has 1 aromatic carbocycles. The Hall–Kier alpha value is -1.22.